The van der Waals surface area contributed by atoms with Crippen LogP contribution in [0.25, 0.3) is 0 Å². The third-order valence-electron chi connectivity index (χ3n) is 4.90. The van der Waals surface area contributed by atoms with Crippen molar-refractivity contribution in [2.75, 3.05) is 24.3 Å². The average molecular weight is 431 g/mol. The molecule has 0 atom stereocenters. The van der Waals surface area contributed by atoms with Crippen molar-refractivity contribution in [1.82, 2.24) is 15.3 Å². The van der Waals surface area contributed by atoms with E-state index in [1.165, 1.54) is 0 Å². The fourth-order valence-electron chi connectivity index (χ4n) is 3.07. The van der Waals surface area contributed by atoms with Gasteiger partial charge in [0.2, 0.25) is 11.9 Å². The van der Waals surface area contributed by atoms with Crippen LogP contribution in [0.5, 0.6) is 0 Å². The Morgan fingerprint density at radius 3 is 2.07 bits per heavy atom. The van der Waals surface area contributed by atoms with E-state index in [-0.39, 0.29) is 5.91 Å². The first-order chi connectivity index (χ1) is 14.0. The molecule has 0 aromatic carbocycles. The normalized spacial score (nSPS) is 21.1. The molecule has 1 amide bonds. The van der Waals surface area contributed by atoms with Crippen molar-refractivity contribution in [3.05, 3.63) is 11.8 Å². The SMILES string of the molecule is Cc1cc(N(C)C)nc(NC2CCC(NC(=O)C3CC3)CC2)n1.O=C(O)C(F)(F)F. The molecule has 2 saturated carbocycles. The molecule has 0 spiro atoms. The highest BCUT2D eigenvalue weighted by Gasteiger charge is 2.38. The molecule has 3 rings (SSSR count). The molecule has 11 heteroatoms. The summed E-state index contributed by atoms with van der Waals surface area (Å²) >= 11 is 0. The number of aliphatic carboxylic acids is 1. The predicted octanol–water partition coefficient (Wildman–Crippen LogP) is 2.73. The second-order valence-electron chi connectivity index (χ2n) is 7.86. The number of nitrogens with zero attached hydrogens (tertiary/aromatic N) is 3. The summed E-state index contributed by atoms with van der Waals surface area (Å²) in [5.74, 6) is -0.563. The molecule has 3 N–H and O–H groups in total. The Labute approximate surface area is 173 Å². The van der Waals surface area contributed by atoms with Crippen LogP contribution in [-0.4, -0.2) is 59.3 Å². The minimum absolute atomic E-state index is 0.263. The zero-order valence-electron chi connectivity index (χ0n) is 17.3. The monoisotopic (exact) mass is 431 g/mol. The molecular formula is C19H28F3N5O3. The second-order valence-corrected chi connectivity index (χ2v) is 7.86. The van der Waals surface area contributed by atoms with Crippen molar-refractivity contribution in [3.8, 4) is 0 Å². The number of hydrogen-bond donors (Lipinski definition) is 3. The third-order valence-corrected chi connectivity index (χ3v) is 4.90. The van der Waals surface area contributed by atoms with E-state index in [1.807, 2.05) is 32.0 Å². The largest absolute Gasteiger partial charge is 0.490 e. The molecule has 168 valence electrons. The number of halogens is 3. The Morgan fingerprint density at radius 2 is 1.60 bits per heavy atom. The van der Waals surface area contributed by atoms with Crippen molar-refractivity contribution < 1.29 is 27.9 Å². The molecule has 1 aromatic heterocycles. The van der Waals surface area contributed by atoms with Crippen LogP contribution >= 0.6 is 0 Å². The molecule has 0 radical (unpaired) electrons. The maximum Gasteiger partial charge on any atom is 0.490 e. The molecule has 0 aliphatic heterocycles. The van der Waals surface area contributed by atoms with Crippen molar-refractivity contribution in [2.24, 2.45) is 5.92 Å². The number of carbonyl (C=O) groups excluding carboxylic acids is 1. The fraction of sp³-hybridized carbons (Fsp3) is 0.684. The van der Waals surface area contributed by atoms with E-state index in [1.54, 1.807) is 0 Å². The smallest absolute Gasteiger partial charge is 0.475 e. The number of anilines is 2. The lowest BCUT2D eigenvalue weighted by Crippen LogP contribution is -2.40. The highest BCUT2D eigenvalue weighted by atomic mass is 19.4. The number of rotatable bonds is 5. The minimum Gasteiger partial charge on any atom is -0.475 e. The molecule has 2 aliphatic rings. The number of alkyl halides is 3. The minimum atomic E-state index is -5.08. The fourth-order valence-corrected chi connectivity index (χ4v) is 3.07. The summed E-state index contributed by atoms with van der Waals surface area (Å²) < 4.78 is 31.7. The Balaban J connectivity index is 0.000000396. The van der Waals surface area contributed by atoms with E-state index in [9.17, 15) is 18.0 Å². The molecule has 2 aliphatic carbocycles. The third kappa shape index (κ3) is 7.68. The molecule has 0 bridgehead atoms. The van der Waals surface area contributed by atoms with E-state index in [4.69, 9.17) is 9.90 Å². The van der Waals surface area contributed by atoms with Gasteiger partial charge in [0, 0.05) is 43.9 Å². The van der Waals surface area contributed by atoms with Crippen LogP contribution in [0.1, 0.15) is 44.2 Å². The Hall–Kier alpha value is -2.59. The lowest BCUT2D eigenvalue weighted by Gasteiger charge is -2.30. The standard InChI is InChI=1S/C17H27N5O.C2HF3O2/c1-11-10-15(22(2)3)21-17(18-11)20-14-8-6-13(7-9-14)19-16(23)12-4-5-12;3-2(4,5)1(6)7/h10,12-14H,4-9H2,1-3H3,(H,19,23)(H,18,20,21);(H,6,7). The highest BCUT2D eigenvalue weighted by Crippen LogP contribution is 2.30. The van der Waals surface area contributed by atoms with E-state index in [0.29, 0.717) is 23.9 Å². The highest BCUT2D eigenvalue weighted by molar-refractivity contribution is 5.81. The summed E-state index contributed by atoms with van der Waals surface area (Å²) in [6.45, 7) is 1.99. The Kier molecular flexibility index (Phi) is 7.85. The van der Waals surface area contributed by atoms with E-state index < -0.39 is 12.1 Å². The van der Waals surface area contributed by atoms with Crippen molar-refractivity contribution in [1.29, 1.82) is 0 Å². The maximum absolute atomic E-state index is 11.8. The molecule has 30 heavy (non-hydrogen) atoms. The van der Waals surface area contributed by atoms with E-state index in [0.717, 1.165) is 50.0 Å². The van der Waals surface area contributed by atoms with Crippen molar-refractivity contribution >= 4 is 23.6 Å². The molecule has 1 heterocycles. The molecule has 2 fully saturated rings. The second kappa shape index (κ2) is 9.94. The zero-order valence-corrected chi connectivity index (χ0v) is 17.3. The Bertz CT molecular complexity index is 745. The number of carbonyl (C=O) groups is 2. The zero-order chi connectivity index (χ0) is 22.5. The molecule has 0 saturated heterocycles. The van der Waals surface area contributed by atoms with E-state index >= 15 is 0 Å². The summed E-state index contributed by atoms with van der Waals surface area (Å²) in [4.78, 5) is 31.8. The maximum atomic E-state index is 11.8. The van der Waals surface area contributed by atoms with Gasteiger partial charge in [0.05, 0.1) is 0 Å². The van der Waals surface area contributed by atoms with Crippen LogP contribution in [0.2, 0.25) is 0 Å². The molecular weight excluding hydrogens is 403 g/mol. The molecule has 8 nitrogen and oxygen atoms in total. The first kappa shape index (κ1) is 23.7. The van der Waals surface area contributed by atoms with Crippen molar-refractivity contribution in [3.63, 3.8) is 0 Å². The summed E-state index contributed by atoms with van der Waals surface area (Å²) in [6, 6.07) is 2.72. The van der Waals surface area contributed by atoms with Gasteiger partial charge in [-0.25, -0.2) is 9.78 Å². The number of nitrogens with one attached hydrogen (secondary N) is 2. The molecule has 1 aromatic rings. The lowest BCUT2D eigenvalue weighted by molar-refractivity contribution is -0.192. The van der Waals surface area contributed by atoms with Gasteiger partial charge in [-0.15, -0.1) is 0 Å². The summed E-state index contributed by atoms with van der Waals surface area (Å²) in [5, 5.41) is 13.8. The van der Waals surface area contributed by atoms with Crippen LogP contribution in [0, 0.1) is 12.8 Å². The number of carboxylic acids is 1. The van der Waals surface area contributed by atoms with Gasteiger partial charge in [-0.1, -0.05) is 0 Å². The van der Waals surface area contributed by atoms with E-state index in [2.05, 4.69) is 20.6 Å². The van der Waals surface area contributed by atoms with Crippen LogP contribution in [0.15, 0.2) is 6.07 Å². The number of amides is 1. The molecule has 0 unspecified atom stereocenters. The number of aryl methyl sites for hydroxylation is 1. The van der Waals surface area contributed by atoms with Gasteiger partial charge in [-0.2, -0.15) is 18.2 Å². The summed E-state index contributed by atoms with van der Waals surface area (Å²) in [7, 11) is 3.97. The average Bonchev–Trinajstić information content (AvgIpc) is 3.48. The van der Waals surface area contributed by atoms with Gasteiger partial charge in [-0.05, 0) is 45.4 Å². The van der Waals surface area contributed by atoms with Crippen LogP contribution in [-0.2, 0) is 9.59 Å². The lowest BCUT2D eigenvalue weighted by atomic mass is 9.91. The predicted molar refractivity (Wildman–Crippen MR) is 105 cm³/mol. The van der Waals surface area contributed by atoms with Gasteiger partial charge < -0.3 is 20.6 Å². The van der Waals surface area contributed by atoms with Crippen LogP contribution in [0.3, 0.4) is 0 Å². The first-order valence-electron chi connectivity index (χ1n) is 9.85. The summed E-state index contributed by atoms with van der Waals surface area (Å²) in [5.41, 5.74) is 0.969. The van der Waals surface area contributed by atoms with Gasteiger partial charge in [0.25, 0.3) is 0 Å². The number of carboxylic acid groups (broad SMARTS) is 1. The van der Waals surface area contributed by atoms with Crippen molar-refractivity contribution in [2.45, 2.75) is 63.7 Å². The summed E-state index contributed by atoms with van der Waals surface area (Å²) in [6.07, 6.45) is 1.21. The number of aromatic nitrogens is 2. The van der Waals surface area contributed by atoms with Crippen LogP contribution in [0.4, 0.5) is 24.9 Å². The van der Waals surface area contributed by atoms with Gasteiger partial charge in [0.15, 0.2) is 0 Å². The van der Waals surface area contributed by atoms with Gasteiger partial charge in [0.1, 0.15) is 5.82 Å². The Morgan fingerprint density at radius 1 is 1.07 bits per heavy atom. The first-order valence-corrected chi connectivity index (χ1v) is 9.85. The van der Waals surface area contributed by atoms with Gasteiger partial charge in [-0.3, -0.25) is 4.79 Å². The topological polar surface area (TPSA) is 107 Å². The quantitative estimate of drug-likeness (QED) is 0.658. The van der Waals surface area contributed by atoms with Crippen LogP contribution < -0.4 is 15.5 Å². The number of hydrogen-bond acceptors (Lipinski definition) is 6. The van der Waals surface area contributed by atoms with Gasteiger partial charge >= 0.3 is 12.1 Å².